The van der Waals surface area contributed by atoms with Crippen LogP contribution in [0.15, 0.2) is 42.5 Å². The lowest BCUT2D eigenvalue weighted by molar-refractivity contribution is 0.340. The number of thiazole rings is 1. The molecule has 2 aromatic carbocycles. The van der Waals surface area contributed by atoms with Crippen molar-refractivity contribution >= 4 is 45.4 Å². The van der Waals surface area contributed by atoms with Gasteiger partial charge in [0.25, 0.3) is 0 Å². The van der Waals surface area contributed by atoms with Crippen LogP contribution in [0.2, 0.25) is 10.0 Å². The largest absolute Gasteiger partial charge is 0.494 e. The Morgan fingerprint density at radius 2 is 1.81 bits per heavy atom. The van der Waals surface area contributed by atoms with Gasteiger partial charge in [0.2, 0.25) is 0 Å². The summed E-state index contributed by atoms with van der Waals surface area (Å²) in [5.41, 5.74) is 2.98. The Morgan fingerprint density at radius 1 is 1.04 bits per heavy atom. The first-order valence-corrected chi connectivity index (χ1v) is 10.1. The molecule has 0 unspecified atom stereocenters. The van der Waals surface area contributed by atoms with Gasteiger partial charge in [0.15, 0.2) is 5.13 Å². The third kappa shape index (κ3) is 4.50. The van der Waals surface area contributed by atoms with E-state index in [1.165, 1.54) is 4.88 Å². The summed E-state index contributed by atoms with van der Waals surface area (Å²) in [7, 11) is 0. The van der Waals surface area contributed by atoms with Crippen LogP contribution in [0.1, 0.15) is 25.1 Å². The number of aromatic nitrogens is 1. The molecular formula is C20H20Cl2N2OS. The highest BCUT2D eigenvalue weighted by atomic mass is 35.5. The van der Waals surface area contributed by atoms with E-state index < -0.39 is 0 Å². The minimum atomic E-state index is 0.522. The first-order valence-electron chi connectivity index (χ1n) is 8.55. The molecule has 0 saturated carbocycles. The van der Waals surface area contributed by atoms with Gasteiger partial charge in [-0.1, -0.05) is 36.5 Å². The molecule has 3 nitrogen and oxygen atoms in total. The zero-order chi connectivity index (χ0) is 18.5. The molecule has 0 aliphatic heterocycles. The number of nitrogens with zero attached hydrogens (tertiary/aromatic N) is 1. The van der Waals surface area contributed by atoms with Crippen molar-refractivity contribution in [1.82, 2.24) is 4.98 Å². The van der Waals surface area contributed by atoms with Crippen molar-refractivity contribution in [3.63, 3.8) is 0 Å². The third-order valence-electron chi connectivity index (χ3n) is 3.78. The fourth-order valence-corrected chi connectivity index (χ4v) is 4.00. The minimum Gasteiger partial charge on any atom is -0.494 e. The normalized spacial score (nSPS) is 10.8. The summed E-state index contributed by atoms with van der Waals surface area (Å²) in [6, 6.07) is 13.6. The SMILES string of the molecule is CCCc1sc(Nc2ccc(Cl)c(Cl)c2)nc1-c1ccc(OCC)cc1. The van der Waals surface area contributed by atoms with E-state index in [9.17, 15) is 0 Å². The lowest BCUT2D eigenvalue weighted by Crippen LogP contribution is -1.92. The summed E-state index contributed by atoms with van der Waals surface area (Å²) in [5, 5.41) is 5.24. The molecule has 0 atom stereocenters. The van der Waals surface area contributed by atoms with Crippen LogP contribution in [0.4, 0.5) is 10.8 Å². The maximum absolute atomic E-state index is 6.10. The average Bonchev–Trinajstić information content (AvgIpc) is 3.02. The van der Waals surface area contributed by atoms with Crippen molar-refractivity contribution in [2.45, 2.75) is 26.7 Å². The molecule has 3 rings (SSSR count). The second kappa shape index (κ2) is 8.76. The van der Waals surface area contributed by atoms with E-state index in [-0.39, 0.29) is 0 Å². The van der Waals surface area contributed by atoms with Gasteiger partial charge in [-0.2, -0.15) is 0 Å². The second-order valence-corrected chi connectivity index (χ2v) is 7.65. The van der Waals surface area contributed by atoms with Gasteiger partial charge in [0.05, 0.1) is 22.3 Å². The standard InChI is InChI=1S/C20H20Cl2N2OS/c1-3-5-18-19(13-6-9-15(10-7-13)25-4-2)24-20(26-18)23-14-8-11-16(21)17(22)12-14/h6-12H,3-5H2,1-2H3,(H,23,24). The van der Waals surface area contributed by atoms with E-state index in [2.05, 4.69) is 24.4 Å². The Morgan fingerprint density at radius 3 is 2.46 bits per heavy atom. The molecule has 0 amide bonds. The number of ether oxygens (including phenoxy) is 1. The lowest BCUT2D eigenvalue weighted by atomic mass is 10.1. The average molecular weight is 407 g/mol. The molecule has 1 aromatic heterocycles. The van der Waals surface area contributed by atoms with Crippen LogP contribution in [0.5, 0.6) is 5.75 Å². The Labute approximate surface area is 168 Å². The second-order valence-electron chi connectivity index (χ2n) is 5.75. The Kier molecular flexibility index (Phi) is 6.41. The Bertz CT molecular complexity index is 878. The first-order chi connectivity index (χ1) is 12.6. The number of anilines is 2. The molecule has 136 valence electrons. The van der Waals surface area contributed by atoms with Crippen molar-refractivity contribution in [3.8, 4) is 17.0 Å². The van der Waals surface area contributed by atoms with Gasteiger partial charge in [-0.05, 0) is 55.8 Å². The summed E-state index contributed by atoms with van der Waals surface area (Å²) < 4.78 is 5.53. The van der Waals surface area contributed by atoms with Gasteiger partial charge in [-0.15, -0.1) is 11.3 Å². The van der Waals surface area contributed by atoms with E-state index in [1.807, 2.05) is 25.1 Å². The molecule has 0 spiro atoms. The number of hydrogen-bond donors (Lipinski definition) is 1. The third-order valence-corrected chi connectivity index (χ3v) is 5.55. The van der Waals surface area contributed by atoms with Crippen molar-refractivity contribution < 1.29 is 4.74 Å². The monoisotopic (exact) mass is 406 g/mol. The number of halogens is 2. The predicted octanol–water partition coefficient (Wildman–Crippen LogP) is 7.21. The highest BCUT2D eigenvalue weighted by Crippen LogP contribution is 2.35. The van der Waals surface area contributed by atoms with Crippen molar-refractivity contribution in [3.05, 3.63) is 57.4 Å². The number of benzene rings is 2. The van der Waals surface area contributed by atoms with E-state index in [0.717, 1.165) is 40.7 Å². The smallest absolute Gasteiger partial charge is 0.187 e. The van der Waals surface area contributed by atoms with Crippen molar-refractivity contribution in [1.29, 1.82) is 0 Å². The topological polar surface area (TPSA) is 34.2 Å². The predicted molar refractivity (Wildman–Crippen MR) is 112 cm³/mol. The molecular weight excluding hydrogens is 387 g/mol. The maximum atomic E-state index is 6.10. The molecule has 0 bridgehead atoms. The highest BCUT2D eigenvalue weighted by Gasteiger charge is 2.13. The zero-order valence-corrected chi connectivity index (χ0v) is 17.0. The molecule has 0 aliphatic carbocycles. The molecule has 6 heteroatoms. The van der Waals surface area contributed by atoms with Gasteiger partial charge in [-0.25, -0.2) is 4.98 Å². The van der Waals surface area contributed by atoms with Gasteiger partial charge in [0, 0.05) is 16.1 Å². The van der Waals surface area contributed by atoms with Crippen molar-refractivity contribution in [2.75, 3.05) is 11.9 Å². The molecule has 3 aromatic rings. The van der Waals surface area contributed by atoms with Crippen LogP contribution in [0.3, 0.4) is 0 Å². The fourth-order valence-electron chi connectivity index (χ4n) is 2.60. The van der Waals surface area contributed by atoms with Crippen LogP contribution >= 0.6 is 34.5 Å². The fraction of sp³-hybridized carbons (Fsp3) is 0.250. The van der Waals surface area contributed by atoms with Crippen LogP contribution in [0, 0.1) is 0 Å². The molecule has 1 N–H and O–H groups in total. The van der Waals surface area contributed by atoms with E-state index in [4.69, 9.17) is 32.9 Å². The number of rotatable bonds is 7. The first kappa shape index (κ1) is 19.0. The number of nitrogens with one attached hydrogen (secondary N) is 1. The zero-order valence-electron chi connectivity index (χ0n) is 14.7. The number of aryl methyl sites for hydroxylation is 1. The maximum Gasteiger partial charge on any atom is 0.187 e. The van der Waals surface area contributed by atoms with Crippen molar-refractivity contribution in [2.24, 2.45) is 0 Å². The van der Waals surface area contributed by atoms with Crippen LogP contribution in [-0.2, 0) is 6.42 Å². The molecule has 1 heterocycles. The van der Waals surface area contributed by atoms with Gasteiger partial charge in [-0.3, -0.25) is 0 Å². The molecule has 0 aliphatic rings. The number of hydrogen-bond acceptors (Lipinski definition) is 4. The van der Waals surface area contributed by atoms with E-state index >= 15 is 0 Å². The summed E-state index contributed by atoms with van der Waals surface area (Å²) in [6.07, 6.45) is 2.06. The van der Waals surface area contributed by atoms with E-state index in [1.54, 1.807) is 23.5 Å². The highest BCUT2D eigenvalue weighted by molar-refractivity contribution is 7.16. The van der Waals surface area contributed by atoms with Crippen LogP contribution in [-0.4, -0.2) is 11.6 Å². The molecule has 0 radical (unpaired) electrons. The van der Waals surface area contributed by atoms with Crippen LogP contribution < -0.4 is 10.1 Å². The van der Waals surface area contributed by atoms with E-state index in [0.29, 0.717) is 16.7 Å². The minimum absolute atomic E-state index is 0.522. The summed E-state index contributed by atoms with van der Waals surface area (Å²) in [4.78, 5) is 6.08. The molecule has 0 fully saturated rings. The molecule has 26 heavy (non-hydrogen) atoms. The summed E-state index contributed by atoms with van der Waals surface area (Å²) >= 11 is 13.8. The molecule has 0 saturated heterocycles. The summed E-state index contributed by atoms with van der Waals surface area (Å²) in [5.74, 6) is 0.873. The van der Waals surface area contributed by atoms with Gasteiger partial charge < -0.3 is 10.1 Å². The summed E-state index contributed by atoms with van der Waals surface area (Å²) in [6.45, 7) is 4.82. The quantitative estimate of drug-likeness (QED) is 0.449. The Hall–Kier alpha value is -1.75. The van der Waals surface area contributed by atoms with Crippen LogP contribution in [0.25, 0.3) is 11.3 Å². The Balaban J connectivity index is 1.88. The lowest BCUT2D eigenvalue weighted by Gasteiger charge is -2.05. The van der Waals surface area contributed by atoms with Gasteiger partial charge in [0.1, 0.15) is 5.75 Å². The van der Waals surface area contributed by atoms with Gasteiger partial charge >= 0.3 is 0 Å².